The summed E-state index contributed by atoms with van der Waals surface area (Å²) in [6.45, 7) is 4.60. The van der Waals surface area contributed by atoms with Crippen LogP contribution in [0.4, 0.5) is 0 Å². The number of aryl methyl sites for hydroxylation is 2. The fraction of sp³-hybridized carbons (Fsp3) is 0.857. The second-order valence-electron chi connectivity index (χ2n) is 9.35. The first-order chi connectivity index (χ1) is 14.4. The molecule has 1 N–H and O–H groups in total. The minimum atomic E-state index is 1.26. The normalized spacial score (nSPS) is 11.4. The molecule has 170 valence electrons. The lowest BCUT2D eigenvalue weighted by Crippen LogP contribution is -1.94. The van der Waals surface area contributed by atoms with Crippen molar-refractivity contribution in [1.82, 2.24) is 4.98 Å². The Kier molecular flexibility index (Phi) is 18.6. The molecule has 29 heavy (non-hydrogen) atoms. The van der Waals surface area contributed by atoms with Gasteiger partial charge in [-0.05, 0) is 37.3 Å². The maximum absolute atomic E-state index is 3.52. The van der Waals surface area contributed by atoms with E-state index < -0.39 is 0 Å². The molecule has 0 aliphatic rings. The van der Waals surface area contributed by atoms with E-state index in [1.54, 1.807) is 5.56 Å². The number of H-pyrrole nitrogens is 1. The van der Waals surface area contributed by atoms with Crippen molar-refractivity contribution in [2.24, 2.45) is 0 Å². The maximum Gasteiger partial charge on any atom is 0.0179 e. The van der Waals surface area contributed by atoms with E-state index in [-0.39, 0.29) is 0 Å². The average molecular weight is 404 g/mol. The first-order valence-electron chi connectivity index (χ1n) is 13.5. The van der Waals surface area contributed by atoms with Gasteiger partial charge in [0.05, 0.1) is 0 Å². The van der Waals surface area contributed by atoms with Gasteiger partial charge in [0.15, 0.2) is 0 Å². The van der Waals surface area contributed by atoms with Crippen molar-refractivity contribution in [2.45, 2.75) is 155 Å². The van der Waals surface area contributed by atoms with Gasteiger partial charge >= 0.3 is 0 Å². The standard InChI is InChI=1S/C28H53N/c1-3-5-7-9-11-13-15-17-19-21-23-27-25-26-29-28(27)24-22-20-18-16-14-12-10-8-6-4-2/h25-26,29H,3-24H2,1-2H3. The largest absolute Gasteiger partial charge is 0.365 e. The lowest BCUT2D eigenvalue weighted by Gasteiger charge is -2.06. The molecule has 1 rings (SSSR count). The molecule has 0 aliphatic heterocycles. The van der Waals surface area contributed by atoms with Gasteiger partial charge in [-0.15, -0.1) is 0 Å². The predicted octanol–water partition coefficient (Wildman–Crippen LogP) is 9.94. The Labute approximate surface area is 183 Å². The highest BCUT2D eigenvalue weighted by Crippen LogP contribution is 2.17. The molecule has 1 heteroatoms. The summed E-state index contributed by atoms with van der Waals surface area (Å²) in [5.74, 6) is 0. The number of unbranched alkanes of at least 4 members (excludes halogenated alkanes) is 18. The average Bonchev–Trinajstić information content (AvgIpc) is 3.18. The molecular weight excluding hydrogens is 350 g/mol. The van der Waals surface area contributed by atoms with Gasteiger partial charge in [0.1, 0.15) is 0 Å². The molecule has 0 atom stereocenters. The number of hydrogen-bond acceptors (Lipinski definition) is 0. The summed E-state index contributed by atoms with van der Waals surface area (Å²) in [7, 11) is 0. The van der Waals surface area contributed by atoms with Crippen molar-refractivity contribution < 1.29 is 0 Å². The van der Waals surface area contributed by atoms with E-state index in [0.717, 1.165) is 0 Å². The summed E-state index contributed by atoms with van der Waals surface area (Å²) in [5.41, 5.74) is 3.13. The van der Waals surface area contributed by atoms with Crippen molar-refractivity contribution in [2.75, 3.05) is 0 Å². The van der Waals surface area contributed by atoms with Gasteiger partial charge in [-0.3, -0.25) is 0 Å². The van der Waals surface area contributed by atoms with Crippen molar-refractivity contribution in [3.63, 3.8) is 0 Å². The predicted molar refractivity (Wildman–Crippen MR) is 132 cm³/mol. The highest BCUT2D eigenvalue weighted by molar-refractivity contribution is 5.20. The second-order valence-corrected chi connectivity index (χ2v) is 9.35. The molecule has 0 spiro atoms. The maximum atomic E-state index is 3.52. The van der Waals surface area contributed by atoms with Gasteiger partial charge in [-0.2, -0.15) is 0 Å². The summed E-state index contributed by atoms with van der Waals surface area (Å²) in [6.07, 6.45) is 33.3. The van der Waals surface area contributed by atoms with Crippen LogP contribution in [0.5, 0.6) is 0 Å². The number of aromatic amines is 1. The highest BCUT2D eigenvalue weighted by Gasteiger charge is 2.04. The lowest BCUT2D eigenvalue weighted by atomic mass is 10.0. The molecule has 0 aliphatic carbocycles. The van der Waals surface area contributed by atoms with E-state index in [0.29, 0.717) is 0 Å². The lowest BCUT2D eigenvalue weighted by molar-refractivity contribution is 0.552. The second kappa shape index (κ2) is 20.5. The zero-order valence-electron chi connectivity index (χ0n) is 20.2. The minimum absolute atomic E-state index is 1.26. The molecule has 0 fully saturated rings. The van der Waals surface area contributed by atoms with Crippen molar-refractivity contribution in [3.05, 3.63) is 23.5 Å². The zero-order chi connectivity index (χ0) is 20.8. The van der Waals surface area contributed by atoms with Gasteiger partial charge in [-0.1, -0.05) is 129 Å². The molecule has 0 radical (unpaired) electrons. The number of rotatable bonds is 22. The van der Waals surface area contributed by atoms with Crippen LogP contribution in [0.2, 0.25) is 0 Å². The van der Waals surface area contributed by atoms with Crippen molar-refractivity contribution in [3.8, 4) is 0 Å². The Morgan fingerprint density at radius 1 is 0.483 bits per heavy atom. The van der Waals surface area contributed by atoms with Crippen LogP contribution in [0.3, 0.4) is 0 Å². The third-order valence-corrected chi connectivity index (χ3v) is 6.51. The van der Waals surface area contributed by atoms with E-state index in [4.69, 9.17) is 0 Å². The van der Waals surface area contributed by atoms with Gasteiger partial charge in [0, 0.05) is 11.9 Å². The molecule has 0 saturated carbocycles. The number of aromatic nitrogens is 1. The van der Waals surface area contributed by atoms with Crippen LogP contribution in [-0.2, 0) is 12.8 Å². The molecule has 1 heterocycles. The molecule has 1 aromatic rings. The van der Waals surface area contributed by atoms with E-state index in [2.05, 4.69) is 31.1 Å². The highest BCUT2D eigenvalue weighted by atomic mass is 14.7. The van der Waals surface area contributed by atoms with E-state index in [1.807, 2.05) is 0 Å². The fourth-order valence-corrected chi connectivity index (χ4v) is 4.50. The molecule has 1 nitrogen and oxygen atoms in total. The molecule has 0 amide bonds. The number of hydrogen-bond donors (Lipinski definition) is 1. The van der Waals surface area contributed by atoms with Crippen LogP contribution in [0.25, 0.3) is 0 Å². The Morgan fingerprint density at radius 2 is 0.862 bits per heavy atom. The van der Waals surface area contributed by atoms with Crippen LogP contribution in [0, 0.1) is 0 Å². The van der Waals surface area contributed by atoms with Gasteiger partial charge in [0.25, 0.3) is 0 Å². The van der Waals surface area contributed by atoms with Crippen LogP contribution in [-0.4, -0.2) is 4.98 Å². The minimum Gasteiger partial charge on any atom is -0.365 e. The first kappa shape index (κ1) is 26.3. The van der Waals surface area contributed by atoms with E-state index >= 15 is 0 Å². The van der Waals surface area contributed by atoms with Gasteiger partial charge in [-0.25, -0.2) is 0 Å². The fourth-order valence-electron chi connectivity index (χ4n) is 4.50. The van der Waals surface area contributed by atoms with E-state index in [1.165, 1.54) is 147 Å². The summed E-state index contributed by atoms with van der Waals surface area (Å²) in [5, 5.41) is 0. The number of nitrogens with one attached hydrogen (secondary N) is 1. The summed E-state index contributed by atoms with van der Waals surface area (Å²) >= 11 is 0. The van der Waals surface area contributed by atoms with E-state index in [9.17, 15) is 0 Å². The smallest absolute Gasteiger partial charge is 0.0179 e. The monoisotopic (exact) mass is 403 g/mol. The Hall–Kier alpha value is -0.720. The van der Waals surface area contributed by atoms with Crippen LogP contribution in [0.15, 0.2) is 12.3 Å². The molecule has 0 aromatic carbocycles. The Balaban J connectivity index is 1.93. The summed E-state index contributed by atoms with van der Waals surface area (Å²) < 4.78 is 0. The third-order valence-electron chi connectivity index (χ3n) is 6.51. The van der Waals surface area contributed by atoms with Crippen LogP contribution in [0.1, 0.15) is 154 Å². The Morgan fingerprint density at radius 3 is 1.31 bits per heavy atom. The van der Waals surface area contributed by atoms with Crippen LogP contribution >= 0.6 is 0 Å². The molecule has 1 aromatic heterocycles. The summed E-state index contributed by atoms with van der Waals surface area (Å²) in [4.78, 5) is 3.52. The molecule has 0 saturated heterocycles. The van der Waals surface area contributed by atoms with Gasteiger partial charge < -0.3 is 4.98 Å². The summed E-state index contributed by atoms with van der Waals surface area (Å²) in [6, 6.07) is 2.33. The zero-order valence-corrected chi connectivity index (χ0v) is 20.2. The molecule has 0 unspecified atom stereocenters. The van der Waals surface area contributed by atoms with Crippen LogP contribution < -0.4 is 0 Å². The van der Waals surface area contributed by atoms with Gasteiger partial charge in [0.2, 0.25) is 0 Å². The first-order valence-corrected chi connectivity index (χ1v) is 13.5. The van der Waals surface area contributed by atoms with Crippen molar-refractivity contribution >= 4 is 0 Å². The quantitative estimate of drug-likeness (QED) is 0.185. The molecule has 0 bridgehead atoms. The SMILES string of the molecule is CCCCCCCCCCCCc1cc[nH]c1CCCCCCCCCCCC. The van der Waals surface area contributed by atoms with Crippen molar-refractivity contribution in [1.29, 1.82) is 0 Å². The third kappa shape index (κ3) is 15.7. The topological polar surface area (TPSA) is 15.8 Å². The molecular formula is C28H53N. The Bertz CT molecular complexity index is 395.